The quantitative estimate of drug-likeness (QED) is 0.613. The second kappa shape index (κ2) is 7.46. The number of rotatable bonds is 4. The number of amides is 2. The summed E-state index contributed by atoms with van der Waals surface area (Å²) in [4.78, 5) is 24.1. The summed E-state index contributed by atoms with van der Waals surface area (Å²) in [6, 6.07) is 8.27. The van der Waals surface area contributed by atoms with E-state index in [1.807, 2.05) is 0 Å². The normalized spacial score (nSPS) is 10.5. The van der Waals surface area contributed by atoms with Crippen molar-refractivity contribution in [1.29, 1.82) is 0 Å². The van der Waals surface area contributed by atoms with Crippen molar-refractivity contribution < 1.29 is 27.9 Å². The van der Waals surface area contributed by atoms with Crippen molar-refractivity contribution in [3.8, 4) is 5.75 Å². The fourth-order valence-electron chi connectivity index (χ4n) is 2.26. The maximum Gasteiger partial charge on any atom is 0.291 e. The number of carbonyl (C=O) groups excluding carboxylic acids is 2. The first-order valence-corrected chi connectivity index (χ1v) is 7.86. The molecule has 2 amide bonds. The van der Waals surface area contributed by atoms with Crippen LogP contribution in [0.15, 0.2) is 53.1 Å². The highest BCUT2D eigenvalue weighted by Gasteiger charge is 2.19. The molecule has 2 aromatic carbocycles. The van der Waals surface area contributed by atoms with Crippen molar-refractivity contribution in [3.63, 3.8) is 0 Å². The summed E-state index contributed by atoms with van der Waals surface area (Å²) in [7, 11) is 0. The molecule has 0 aliphatic rings. The van der Waals surface area contributed by atoms with E-state index in [0.717, 1.165) is 0 Å². The van der Waals surface area contributed by atoms with E-state index in [1.54, 1.807) is 6.07 Å². The molecule has 27 heavy (non-hydrogen) atoms. The summed E-state index contributed by atoms with van der Waals surface area (Å²) < 4.78 is 31.7. The van der Waals surface area contributed by atoms with Gasteiger partial charge < -0.3 is 20.2 Å². The van der Waals surface area contributed by atoms with Crippen LogP contribution in [0.4, 0.5) is 20.2 Å². The molecule has 1 heterocycles. The van der Waals surface area contributed by atoms with Gasteiger partial charge in [0, 0.05) is 17.8 Å². The van der Waals surface area contributed by atoms with Gasteiger partial charge in [-0.2, -0.15) is 0 Å². The van der Waals surface area contributed by atoms with E-state index >= 15 is 0 Å². The van der Waals surface area contributed by atoms with Gasteiger partial charge in [0.15, 0.2) is 5.76 Å². The monoisotopic (exact) mass is 392 g/mol. The minimum atomic E-state index is -1.21. The minimum Gasteiger partial charge on any atom is -0.507 e. The lowest BCUT2D eigenvalue weighted by Crippen LogP contribution is -2.15. The fourth-order valence-corrected chi connectivity index (χ4v) is 2.49. The molecule has 3 rings (SSSR count). The van der Waals surface area contributed by atoms with Crippen LogP contribution in [0, 0.1) is 11.6 Å². The van der Waals surface area contributed by atoms with Crippen LogP contribution in [0.2, 0.25) is 5.02 Å². The van der Waals surface area contributed by atoms with Gasteiger partial charge in [-0.1, -0.05) is 11.6 Å². The average Bonchev–Trinajstić information content (AvgIpc) is 3.11. The van der Waals surface area contributed by atoms with Crippen LogP contribution in [0.25, 0.3) is 0 Å². The average molecular weight is 393 g/mol. The molecule has 0 spiro atoms. The summed E-state index contributed by atoms with van der Waals surface area (Å²) in [6.45, 7) is 0. The molecule has 0 saturated heterocycles. The van der Waals surface area contributed by atoms with E-state index in [1.165, 1.54) is 30.5 Å². The first kappa shape index (κ1) is 18.4. The Labute approximate surface area is 156 Å². The number of hydrogen-bond acceptors (Lipinski definition) is 4. The third kappa shape index (κ3) is 4.06. The van der Waals surface area contributed by atoms with Crippen molar-refractivity contribution in [3.05, 3.63) is 76.7 Å². The van der Waals surface area contributed by atoms with Crippen LogP contribution >= 0.6 is 11.6 Å². The number of phenols is 1. The first-order chi connectivity index (χ1) is 12.8. The molecule has 138 valence electrons. The molecule has 3 aromatic rings. The van der Waals surface area contributed by atoms with E-state index in [4.69, 9.17) is 16.0 Å². The molecule has 0 saturated carbocycles. The van der Waals surface area contributed by atoms with E-state index in [-0.39, 0.29) is 22.2 Å². The minimum absolute atomic E-state index is 0.0886. The number of furan rings is 1. The van der Waals surface area contributed by atoms with Crippen LogP contribution in [0.3, 0.4) is 0 Å². The molecule has 0 aliphatic carbocycles. The molecule has 1 aromatic heterocycles. The number of phenolic OH excluding ortho intramolecular Hbond substituents is 1. The third-order valence-electron chi connectivity index (χ3n) is 3.48. The van der Waals surface area contributed by atoms with Crippen LogP contribution in [-0.4, -0.2) is 16.9 Å². The maximum absolute atomic E-state index is 13.7. The number of halogens is 3. The van der Waals surface area contributed by atoms with E-state index < -0.39 is 34.8 Å². The van der Waals surface area contributed by atoms with Crippen molar-refractivity contribution in [2.24, 2.45) is 0 Å². The molecule has 0 fully saturated rings. The Morgan fingerprint density at radius 2 is 1.81 bits per heavy atom. The molecule has 0 bridgehead atoms. The zero-order chi connectivity index (χ0) is 19.6. The maximum atomic E-state index is 13.7. The SMILES string of the molecule is O=C(Nc1ccc(NC(=O)c2c(O)cc(F)cc2F)cc1Cl)c1ccco1. The Morgan fingerprint density at radius 1 is 1.04 bits per heavy atom. The second-order valence-corrected chi connectivity index (χ2v) is 5.77. The number of nitrogens with one attached hydrogen (secondary N) is 2. The van der Waals surface area contributed by atoms with Gasteiger partial charge in [-0.05, 0) is 30.3 Å². The van der Waals surface area contributed by atoms with Gasteiger partial charge in [-0.15, -0.1) is 0 Å². The second-order valence-electron chi connectivity index (χ2n) is 5.36. The van der Waals surface area contributed by atoms with E-state index in [0.29, 0.717) is 12.1 Å². The van der Waals surface area contributed by atoms with E-state index in [2.05, 4.69) is 10.6 Å². The van der Waals surface area contributed by atoms with Crippen LogP contribution in [0.1, 0.15) is 20.9 Å². The number of benzene rings is 2. The summed E-state index contributed by atoms with van der Waals surface area (Å²) in [5, 5.41) is 14.5. The highest BCUT2D eigenvalue weighted by atomic mass is 35.5. The predicted octanol–water partition coefficient (Wildman–Crippen LogP) is 4.42. The molecule has 0 aliphatic heterocycles. The van der Waals surface area contributed by atoms with Crippen molar-refractivity contribution in [2.45, 2.75) is 0 Å². The number of anilines is 2. The van der Waals surface area contributed by atoms with Crippen molar-refractivity contribution in [2.75, 3.05) is 10.6 Å². The largest absolute Gasteiger partial charge is 0.507 e. The topological polar surface area (TPSA) is 91.6 Å². The highest BCUT2D eigenvalue weighted by Crippen LogP contribution is 2.28. The molecule has 0 radical (unpaired) electrons. The third-order valence-corrected chi connectivity index (χ3v) is 3.79. The van der Waals surface area contributed by atoms with Crippen molar-refractivity contribution in [1.82, 2.24) is 0 Å². The van der Waals surface area contributed by atoms with Gasteiger partial charge in [0.25, 0.3) is 11.8 Å². The lowest BCUT2D eigenvalue weighted by molar-refractivity contribution is 0.0993. The van der Waals surface area contributed by atoms with Crippen LogP contribution in [-0.2, 0) is 0 Å². The Hall–Kier alpha value is -3.39. The standard InChI is InChI=1S/C18H11ClF2N2O4/c19-11-8-10(3-4-13(11)23-17(25)15-2-1-5-27-15)22-18(26)16-12(21)6-9(20)7-14(16)24/h1-8,24H,(H,22,26)(H,23,25). The molecular weight excluding hydrogens is 382 g/mol. The molecule has 9 heteroatoms. The van der Waals surface area contributed by atoms with Gasteiger partial charge in [-0.25, -0.2) is 8.78 Å². The lowest BCUT2D eigenvalue weighted by atomic mass is 10.1. The lowest BCUT2D eigenvalue weighted by Gasteiger charge is -2.11. The van der Waals surface area contributed by atoms with E-state index in [9.17, 15) is 23.5 Å². The van der Waals surface area contributed by atoms with Gasteiger partial charge >= 0.3 is 0 Å². The smallest absolute Gasteiger partial charge is 0.291 e. The van der Waals surface area contributed by atoms with Gasteiger partial charge in [0.05, 0.1) is 17.0 Å². The summed E-state index contributed by atoms with van der Waals surface area (Å²) in [6.07, 6.45) is 1.35. The van der Waals surface area contributed by atoms with Crippen molar-refractivity contribution >= 4 is 34.8 Å². The number of carbonyl (C=O) groups is 2. The molecule has 3 N–H and O–H groups in total. The molecule has 0 unspecified atom stereocenters. The van der Waals surface area contributed by atoms with Gasteiger partial charge in [0.1, 0.15) is 22.9 Å². The fraction of sp³-hybridized carbons (Fsp3) is 0. The van der Waals surface area contributed by atoms with Gasteiger partial charge in [-0.3, -0.25) is 9.59 Å². The molecule has 0 atom stereocenters. The summed E-state index contributed by atoms with van der Waals surface area (Å²) in [5.41, 5.74) is -0.279. The zero-order valence-electron chi connectivity index (χ0n) is 13.4. The summed E-state index contributed by atoms with van der Waals surface area (Å²) in [5.74, 6) is -4.48. The Morgan fingerprint density at radius 3 is 2.44 bits per heavy atom. The Balaban J connectivity index is 1.76. The number of aromatic hydroxyl groups is 1. The number of hydrogen-bond donors (Lipinski definition) is 3. The van der Waals surface area contributed by atoms with Crippen LogP contribution < -0.4 is 10.6 Å². The molecule has 6 nitrogen and oxygen atoms in total. The van der Waals surface area contributed by atoms with Gasteiger partial charge in [0.2, 0.25) is 0 Å². The summed E-state index contributed by atoms with van der Waals surface area (Å²) >= 11 is 6.08. The Kier molecular flexibility index (Phi) is 5.09. The van der Waals surface area contributed by atoms with Crippen LogP contribution in [0.5, 0.6) is 5.75 Å². The first-order valence-electron chi connectivity index (χ1n) is 7.49. The highest BCUT2D eigenvalue weighted by molar-refractivity contribution is 6.34. The Bertz CT molecular complexity index is 999. The predicted molar refractivity (Wildman–Crippen MR) is 94.1 cm³/mol. The zero-order valence-corrected chi connectivity index (χ0v) is 14.2. The molecular formula is C18H11ClF2N2O4.